The molecule has 11 heavy (non-hydrogen) atoms. The van der Waals surface area contributed by atoms with E-state index in [2.05, 4.69) is 0 Å². The fourth-order valence-corrected chi connectivity index (χ4v) is 0.604. The molecule has 0 spiro atoms. The molecule has 66 valence electrons. The van der Waals surface area contributed by atoms with Crippen LogP contribution in [0.15, 0.2) is 0 Å². The first kappa shape index (κ1) is 10.5. The summed E-state index contributed by atoms with van der Waals surface area (Å²) in [5.41, 5.74) is 0. The van der Waals surface area contributed by atoms with Crippen molar-refractivity contribution in [2.75, 3.05) is 20.7 Å². The Morgan fingerprint density at radius 1 is 1.55 bits per heavy atom. The Labute approximate surface area is 71.7 Å². The summed E-state index contributed by atoms with van der Waals surface area (Å²) in [5, 5.41) is 0. The fourth-order valence-electron chi connectivity index (χ4n) is 0.384. The first-order valence-electron chi connectivity index (χ1n) is 3.39. The van der Waals surface area contributed by atoms with Gasteiger partial charge < -0.3 is 4.90 Å². The van der Waals surface area contributed by atoms with Crippen LogP contribution in [0.2, 0.25) is 0 Å². The lowest BCUT2D eigenvalue weighted by Gasteiger charge is -2.17. The van der Waals surface area contributed by atoms with Gasteiger partial charge in [0.1, 0.15) is 0 Å². The van der Waals surface area contributed by atoms with Gasteiger partial charge in [0.15, 0.2) is 0 Å². The number of hydroxylamine groups is 1. The van der Waals surface area contributed by atoms with Crippen molar-refractivity contribution in [1.82, 2.24) is 9.48 Å². The van der Waals surface area contributed by atoms with Crippen molar-refractivity contribution in [3.8, 4) is 0 Å². The number of nitrogens with zero attached hydrogens (tertiary/aromatic N) is 2. The van der Waals surface area contributed by atoms with Gasteiger partial charge >= 0.3 is 6.03 Å². The zero-order valence-electron chi connectivity index (χ0n) is 7.00. The summed E-state index contributed by atoms with van der Waals surface area (Å²) >= 11 is 5.42. The maximum absolute atomic E-state index is 10.9. The van der Waals surface area contributed by atoms with Crippen molar-refractivity contribution in [3.63, 3.8) is 0 Å². The van der Waals surface area contributed by atoms with E-state index >= 15 is 0 Å². The highest BCUT2D eigenvalue weighted by Gasteiger charge is 2.12. The Morgan fingerprint density at radius 3 is 2.45 bits per heavy atom. The van der Waals surface area contributed by atoms with Crippen molar-refractivity contribution >= 4 is 17.8 Å². The molecule has 0 aromatic carbocycles. The van der Waals surface area contributed by atoms with Crippen LogP contribution in [0.4, 0.5) is 4.79 Å². The van der Waals surface area contributed by atoms with Crippen molar-refractivity contribution in [2.24, 2.45) is 0 Å². The molecule has 0 fully saturated rings. The van der Waals surface area contributed by atoms with Gasteiger partial charge in [-0.05, 0) is 6.42 Å². The zero-order chi connectivity index (χ0) is 8.85. The maximum atomic E-state index is 10.9. The fraction of sp³-hybridized carbons (Fsp3) is 0.833. The smallest absolute Gasteiger partial charge is 0.328 e. The van der Waals surface area contributed by atoms with Crippen LogP contribution in [0.1, 0.15) is 13.3 Å². The molecule has 0 radical (unpaired) electrons. The van der Waals surface area contributed by atoms with Gasteiger partial charge in [0, 0.05) is 25.9 Å². The molecule has 4 nitrogen and oxygen atoms in total. The number of urea groups is 1. The second-order valence-corrected chi connectivity index (χ2v) is 2.56. The van der Waals surface area contributed by atoms with Gasteiger partial charge in [-0.2, -0.15) is 0 Å². The SMILES string of the molecule is CCCON(Cl)C(=O)N(C)C. The molecule has 0 aromatic heterocycles. The number of hydrogen-bond acceptors (Lipinski definition) is 2. The van der Waals surface area contributed by atoms with Crippen LogP contribution in [0.25, 0.3) is 0 Å². The predicted octanol–water partition coefficient (Wildman–Crippen LogP) is 1.47. The van der Waals surface area contributed by atoms with E-state index in [-0.39, 0.29) is 6.03 Å². The molecule has 0 aromatic rings. The third-order valence-electron chi connectivity index (χ3n) is 0.942. The van der Waals surface area contributed by atoms with Crippen LogP contribution < -0.4 is 0 Å². The summed E-state index contributed by atoms with van der Waals surface area (Å²) in [6, 6.07) is -0.375. The van der Waals surface area contributed by atoms with Crippen LogP contribution in [0, 0.1) is 0 Å². The Kier molecular flexibility index (Phi) is 4.98. The summed E-state index contributed by atoms with van der Waals surface area (Å²) in [4.78, 5) is 17.1. The van der Waals surface area contributed by atoms with E-state index in [0.717, 1.165) is 6.42 Å². The molecule has 0 aliphatic rings. The summed E-state index contributed by atoms with van der Waals surface area (Å²) in [7, 11) is 3.21. The minimum Gasteiger partial charge on any atom is -0.328 e. The molecule has 0 rings (SSSR count). The van der Waals surface area contributed by atoms with Gasteiger partial charge in [-0.3, -0.25) is 4.84 Å². The minimum absolute atomic E-state index is 0.375. The van der Waals surface area contributed by atoms with Gasteiger partial charge in [0.25, 0.3) is 0 Å². The molecule has 0 saturated carbocycles. The predicted molar refractivity (Wildman–Crippen MR) is 43.0 cm³/mol. The van der Waals surface area contributed by atoms with Crippen LogP contribution in [-0.4, -0.2) is 36.2 Å². The van der Waals surface area contributed by atoms with Gasteiger partial charge in [0.05, 0.1) is 6.61 Å². The number of carbonyl (C=O) groups is 1. The van der Waals surface area contributed by atoms with E-state index in [1.165, 1.54) is 4.90 Å². The zero-order valence-corrected chi connectivity index (χ0v) is 7.76. The van der Waals surface area contributed by atoms with Crippen LogP contribution in [0.3, 0.4) is 0 Å². The Balaban J connectivity index is 3.64. The van der Waals surface area contributed by atoms with E-state index in [9.17, 15) is 4.79 Å². The van der Waals surface area contributed by atoms with Crippen LogP contribution >= 0.6 is 11.8 Å². The van der Waals surface area contributed by atoms with Gasteiger partial charge in [0.2, 0.25) is 0 Å². The number of carbonyl (C=O) groups excluding carboxylic acids is 1. The molecular formula is C6H13ClN2O2. The molecule has 0 saturated heterocycles. The molecule has 0 heterocycles. The maximum Gasteiger partial charge on any atom is 0.359 e. The monoisotopic (exact) mass is 180 g/mol. The Bertz CT molecular complexity index is 130. The number of hydrogen-bond donors (Lipinski definition) is 0. The van der Waals surface area contributed by atoms with Crippen LogP contribution in [-0.2, 0) is 4.84 Å². The molecule has 0 aliphatic carbocycles. The molecule has 0 bridgehead atoms. The van der Waals surface area contributed by atoms with Crippen molar-refractivity contribution in [3.05, 3.63) is 0 Å². The summed E-state index contributed by atoms with van der Waals surface area (Å²) < 4.78 is 0.712. The van der Waals surface area contributed by atoms with Crippen molar-refractivity contribution in [1.29, 1.82) is 0 Å². The van der Waals surface area contributed by atoms with E-state index < -0.39 is 0 Å². The Morgan fingerprint density at radius 2 is 2.09 bits per heavy atom. The lowest BCUT2D eigenvalue weighted by Crippen LogP contribution is -2.33. The Hall–Kier alpha value is -0.480. The van der Waals surface area contributed by atoms with Gasteiger partial charge in [-0.25, -0.2) is 4.79 Å². The minimum atomic E-state index is -0.375. The summed E-state index contributed by atoms with van der Waals surface area (Å²) in [6.07, 6.45) is 0.823. The van der Waals surface area contributed by atoms with Gasteiger partial charge in [-0.1, -0.05) is 6.92 Å². The molecular weight excluding hydrogens is 168 g/mol. The lowest BCUT2D eigenvalue weighted by atomic mass is 10.5. The summed E-state index contributed by atoms with van der Waals surface area (Å²) in [6.45, 7) is 2.38. The van der Waals surface area contributed by atoms with Crippen molar-refractivity contribution < 1.29 is 9.63 Å². The quantitative estimate of drug-likeness (QED) is 0.487. The molecule has 0 atom stereocenters. The van der Waals surface area contributed by atoms with Crippen molar-refractivity contribution in [2.45, 2.75) is 13.3 Å². The highest BCUT2D eigenvalue weighted by molar-refractivity contribution is 6.19. The van der Waals surface area contributed by atoms with E-state index in [1.807, 2.05) is 6.92 Å². The summed E-state index contributed by atoms with van der Waals surface area (Å²) in [5.74, 6) is 0. The lowest BCUT2D eigenvalue weighted by molar-refractivity contribution is -0.0543. The number of rotatable bonds is 3. The molecule has 0 unspecified atom stereocenters. The standard InChI is InChI=1S/C6H13ClN2O2/c1-4-5-11-9(7)6(10)8(2)3/h4-5H2,1-3H3. The van der Waals surface area contributed by atoms with E-state index in [4.69, 9.17) is 16.6 Å². The normalized spacial score (nSPS) is 9.45. The van der Waals surface area contributed by atoms with Crippen LogP contribution in [0.5, 0.6) is 0 Å². The van der Waals surface area contributed by atoms with Gasteiger partial charge in [-0.15, -0.1) is 4.58 Å². The highest BCUT2D eigenvalue weighted by Crippen LogP contribution is 2.00. The third kappa shape index (κ3) is 4.06. The molecule has 5 heteroatoms. The molecule has 0 aliphatic heterocycles. The number of halogens is 1. The highest BCUT2D eigenvalue weighted by atomic mass is 35.5. The largest absolute Gasteiger partial charge is 0.359 e. The topological polar surface area (TPSA) is 32.8 Å². The average molecular weight is 181 g/mol. The molecule has 2 amide bonds. The first-order valence-corrected chi connectivity index (χ1v) is 3.73. The third-order valence-corrected chi connectivity index (χ3v) is 1.18. The van der Waals surface area contributed by atoms with E-state index in [0.29, 0.717) is 11.2 Å². The van der Waals surface area contributed by atoms with E-state index in [1.54, 1.807) is 14.1 Å². The molecule has 0 N–H and O–H groups in total. The second-order valence-electron chi connectivity index (χ2n) is 2.26. The second kappa shape index (κ2) is 5.21. The average Bonchev–Trinajstić information content (AvgIpc) is 1.98. The number of amides is 2. The first-order chi connectivity index (χ1) is 5.09.